The smallest absolute Gasteiger partial charge is 0.404 e. The average Bonchev–Trinajstić information content (AvgIpc) is 2.27. The van der Waals surface area contributed by atoms with Crippen LogP contribution in [0.5, 0.6) is 5.75 Å². The van der Waals surface area contributed by atoms with E-state index in [2.05, 4.69) is 4.74 Å². The molecule has 0 bridgehead atoms. The molecule has 1 amide bonds. The molecule has 0 radical (unpaired) electrons. The fourth-order valence-electron chi connectivity index (χ4n) is 1.09. The lowest BCUT2D eigenvalue weighted by atomic mass is 10.2. The van der Waals surface area contributed by atoms with Gasteiger partial charge in [0.1, 0.15) is 24.7 Å². The van der Waals surface area contributed by atoms with Gasteiger partial charge in [0.05, 0.1) is 0 Å². The highest BCUT2D eigenvalue weighted by Gasteiger charge is 2.06. The molecule has 16 heavy (non-hydrogen) atoms. The van der Waals surface area contributed by atoms with Crippen LogP contribution in [0.4, 0.5) is 4.79 Å². The SMILES string of the molecule is CC(COC(N)=O)Oc1ccc(C=O)cc1. The summed E-state index contributed by atoms with van der Waals surface area (Å²) in [5.41, 5.74) is 5.39. The van der Waals surface area contributed by atoms with Gasteiger partial charge in [-0.2, -0.15) is 0 Å². The Hall–Kier alpha value is -2.04. The molecule has 1 aromatic carbocycles. The zero-order chi connectivity index (χ0) is 12.0. The number of rotatable bonds is 5. The van der Waals surface area contributed by atoms with Crippen LogP contribution in [0.15, 0.2) is 24.3 Å². The van der Waals surface area contributed by atoms with Crippen molar-refractivity contribution in [2.45, 2.75) is 13.0 Å². The lowest BCUT2D eigenvalue weighted by Gasteiger charge is -2.13. The Morgan fingerprint density at radius 3 is 2.56 bits per heavy atom. The first kappa shape index (κ1) is 12.0. The highest BCUT2D eigenvalue weighted by Crippen LogP contribution is 2.13. The molecule has 1 unspecified atom stereocenters. The number of carbonyl (C=O) groups excluding carboxylic acids is 2. The molecule has 0 saturated carbocycles. The van der Waals surface area contributed by atoms with Gasteiger partial charge in [-0.05, 0) is 31.2 Å². The monoisotopic (exact) mass is 223 g/mol. The first-order chi connectivity index (χ1) is 7.61. The first-order valence-electron chi connectivity index (χ1n) is 4.76. The van der Waals surface area contributed by atoms with Crippen molar-refractivity contribution in [2.24, 2.45) is 5.73 Å². The quantitative estimate of drug-likeness (QED) is 0.764. The number of carbonyl (C=O) groups is 2. The maximum Gasteiger partial charge on any atom is 0.404 e. The summed E-state index contributed by atoms with van der Waals surface area (Å²) >= 11 is 0. The maximum atomic E-state index is 10.4. The van der Waals surface area contributed by atoms with Crippen LogP contribution in [-0.2, 0) is 4.74 Å². The lowest BCUT2D eigenvalue weighted by molar-refractivity contribution is 0.0963. The average molecular weight is 223 g/mol. The van der Waals surface area contributed by atoms with E-state index >= 15 is 0 Å². The highest BCUT2D eigenvalue weighted by molar-refractivity contribution is 5.74. The van der Waals surface area contributed by atoms with Crippen LogP contribution in [0.2, 0.25) is 0 Å². The number of hydrogen-bond donors (Lipinski definition) is 1. The summed E-state index contributed by atoms with van der Waals surface area (Å²) in [6.45, 7) is 1.83. The standard InChI is InChI=1S/C11H13NO4/c1-8(7-15-11(12)14)16-10-4-2-9(6-13)3-5-10/h2-6,8H,7H2,1H3,(H2,12,14). The fourth-order valence-corrected chi connectivity index (χ4v) is 1.09. The summed E-state index contributed by atoms with van der Waals surface area (Å²) < 4.78 is 9.99. The van der Waals surface area contributed by atoms with Crippen LogP contribution in [0, 0.1) is 0 Å². The summed E-state index contributed by atoms with van der Waals surface area (Å²) in [6, 6.07) is 6.63. The van der Waals surface area contributed by atoms with Crippen LogP contribution in [0.3, 0.4) is 0 Å². The fraction of sp³-hybridized carbons (Fsp3) is 0.273. The molecular weight excluding hydrogens is 210 g/mol. The van der Waals surface area contributed by atoms with Crippen molar-refractivity contribution in [1.82, 2.24) is 0 Å². The number of primary amides is 1. The van der Waals surface area contributed by atoms with E-state index in [9.17, 15) is 9.59 Å². The normalized spacial score (nSPS) is 11.6. The summed E-state index contributed by atoms with van der Waals surface area (Å²) in [5, 5.41) is 0. The second-order valence-electron chi connectivity index (χ2n) is 3.25. The molecule has 2 N–H and O–H groups in total. The van der Waals surface area contributed by atoms with Gasteiger partial charge in [0.15, 0.2) is 0 Å². The third kappa shape index (κ3) is 4.00. The van der Waals surface area contributed by atoms with E-state index in [-0.39, 0.29) is 12.7 Å². The van der Waals surface area contributed by atoms with E-state index in [1.165, 1.54) is 0 Å². The molecular formula is C11H13NO4. The molecule has 1 rings (SSSR count). The highest BCUT2D eigenvalue weighted by atomic mass is 16.6. The zero-order valence-corrected chi connectivity index (χ0v) is 8.88. The van der Waals surface area contributed by atoms with Crippen molar-refractivity contribution in [1.29, 1.82) is 0 Å². The zero-order valence-electron chi connectivity index (χ0n) is 8.88. The van der Waals surface area contributed by atoms with E-state index in [0.29, 0.717) is 11.3 Å². The molecule has 0 aliphatic heterocycles. The van der Waals surface area contributed by atoms with E-state index in [1.54, 1.807) is 31.2 Å². The number of nitrogens with two attached hydrogens (primary N) is 1. The maximum absolute atomic E-state index is 10.4. The van der Waals surface area contributed by atoms with Gasteiger partial charge in [0.2, 0.25) is 0 Å². The molecule has 0 heterocycles. The molecule has 0 spiro atoms. The summed E-state index contributed by atoms with van der Waals surface area (Å²) in [5.74, 6) is 0.603. The van der Waals surface area contributed by atoms with E-state index in [1.807, 2.05) is 0 Å². The van der Waals surface area contributed by atoms with E-state index in [4.69, 9.17) is 10.5 Å². The van der Waals surface area contributed by atoms with Gasteiger partial charge in [-0.3, -0.25) is 4.79 Å². The Bertz CT molecular complexity index is 361. The predicted molar refractivity (Wildman–Crippen MR) is 57.5 cm³/mol. The molecule has 0 aliphatic rings. The molecule has 5 heteroatoms. The molecule has 86 valence electrons. The Kier molecular flexibility index (Phi) is 4.32. The van der Waals surface area contributed by atoms with Crippen molar-refractivity contribution in [3.8, 4) is 5.75 Å². The minimum absolute atomic E-state index is 0.0881. The van der Waals surface area contributed by atoms with Crippen molar-refractivity contribution < 1.29 is 19.1 Å². The number of ether oxygens (including phenoxy) is 2. The van der Waals surface area contributed by atoms with Crippen molar-refractivity contribution in [3.05, 3.63) is 29.8 Å². The van der Waals surface area contributed by atoms with Crippen molar-refractivity contribution in [3.63, 3.8) is 0 Å². The molecule has 0 fully saturated rings. The number of hydrogen-bond acceptors (Lipinski definition) is 4. The molecule has 0 saturated heterocycles. The summed E-state index contributed by atoms with van der Waals surface area (Å²) in [6.07, 6.45) is -0.370. The van der Waals surface area contributed by atoms with Crippen LogP contribution < -0.4 is 10.5 Å². The topological polar surface area (TPSA) is 78.6 Å². The minimum atomic E-state index is -0.827. The Morgan fingerprint density at radius 1 is 1.44 bits per heavy atom. The molecule has 1 aromatic rings. The number of amides is 1. The third-order valence-electron chi connectivity index (χ3n) is 1.81. The minimum Gasteiger partial charge on any atom is -0.487 e. The van der Waals surface area contributed by atoms with Gasteiger partial charge in [-0.25, -0.2) is 4.79 Å². The number of benzene rings is 1. The predicted octanol–water partition coefficient (Wildman–Crippen LogP) is 1.36. The van der Waals surface area contributed by atoms with Gasteiger partial charge in [-0.1, -0.05) is 0 Å². The molecule has 1 atom stereocenters. The second-order valence-corrected chi connectivity index (χ2v) is 3.25. The van der Waals surface area contributed by atoms with Gasteiger partial charge < -0.3 is 15.2 Å². The van der Waals surface area contributed by atoms with E-state index < -0.39 is 6.09 Å². The Labute approximate surface area is 93.1 Å². The summed E-state index contributed by atoms with van der Waals surface area (Å²) in [7, 11) is 0. The van der Waals surface area contributed by atoms with Gasteiger partial charge in [0, 0.05) is 5.56 Å². The van der Waals surface area contributed by atoms with Crippen LogP contribution in [0.25, 0.3) is 0 Å². The van der Waals surface area contributed by atoms with Crippen LogP contribution in [-0.4, -0.2) is 25.1 Å². The number of aldehydes is 1. The molecule has 0 aliphatic carbocycles. The molecule has 0 aromatic heterocycles. The largest absolute Gasteiger partial charge is 0.487 e. The van der Waals surface area contributed by atoms with Crippen molar-refractivity contribution in [2.75, 3.05) is 6.61 Å². The molecule has 5 nitrogen and oxygen atoms in total. The second kappa shape index (κ2) is 5.75. The Balaban J connectivity index is 2.46. The third-order valence-corrected chi connectivity index (χ3v) is 1.81. The Morgan fingerprint density at radius 2 is 2.06 bits per heavy atom. The van der Waals surface area contributed by atoms with Crippen molar-refractivity contribution >= 4 is 12.4 Å². The lowest BCUT2D eigenvalue weighted by Crippen LogP contribution is -2.24. The first-order valence-corrected chi connectivity index (χ1v) is 4.76. The van der Waals surface area contributed by atoms with Gasteiger partial charge in [-0.15, -0.1) is 0 Å². The van der Waals surface area contributed by atoms with E-state index in [0.717, 1.165) is 6.29 Å². The van der Waals surface area contributed by atoms with Gasteiger partial charge in [0.25, 0.3) is 0 Å². The van der Waals surface area contributed by atoms with Crippen LogP contribution >= 0.6 is 0 Å². The van der Waals surface area contributed by atoms with Crippen LogP contribution in [0.1, 0.15) is 17.3 Å². The summed E-state index contributed by atoms with van der Waals surface area (Å²) in [4.78, 5) is 20.8. The van der Waals surface area contributed by atoms with Gasteiger partial charge >= 0.3 is 6.09 Å².